The van der Waals surface area contributed by atoms with Crippen molar-refractivity contribution in [3.8, 4) is 0 Å². The summed E-state index contributed by atoms with van der Waals surface area (Å²) in [6, 6.07) is 3.33. The maximum atomic E-state index is 13.4. The third kappa shape index (κ3) is 7.19. The van der Waals surface area contributed by atoms with Crippen LogP contribution in [0.25, 0.3) is 10.9 Å². The highest BCUT2D eigenvalue weighted by atomic mass is 16.4. The number of carbonyl (C=O) groups is 4. The van der Waals surface area contributed by atoms with E-state index in [2.05, 4.69) is 30.9 Å². The van der Waals surface area contributed by atoms with Gasteiger partial charge in [0.25, 0.3) is 0 Å². The number of carboxylic acids is 1. The maximum absolute atomic E-state index is 13.4. The summed E-state index contributed by atoms with van der Waals surface area (Å²) in [6.45, 7) is 5.19. The molecule has 2 aromatic heterocycles. The van der Waals surface area contributed by atoms with E-state index in [9.17, 15) is 24.3 Å². The molecule has 0 saturated heterocycles. The summed E-state index contributed by atoms with van der Waals surface area (Å²) in [7, 11) is 0. The van der Waals surface area contributed by atoms with E-state index in [0.717, 1.165) is 16.5 Å². The molecule has 3 rings (SSSR count). The van der Waals surface area contributed by atoms with Crippen LogP contribution in [-0.4, -0.2) is 67.9 Å². The number of fused-ring (bicyclic) bond motifs is 1. The molecule has 5 atom stereocenters. The Bertz CT molecular complexity index is 1250. The van der Waals surface area contributed by atoms with Crippen LogP contribution in [0.15, 0.2) is 43.0 Å². The normalized spacial score (nSPS) is 15.2. The summed E-state index contributed by atoms with van der Waals surface area (Å²) in [5, 5.41) is 18.6. The number of aromatic nitrogens is 3. The van der Waals surface area contributed by atoms with Crippen molar-refractivity contribution >= 4 is 34.6 Å². The number of para-hydroxylation sites is 1. The average molecular weight is 526 g/mol. The van der Waals surface area contributed by atoms with E-state index in [1.54, 1.807) is 13.1 Å². The van der Waals surface area contributed by atoms with Gasteiger partial charge in [0.1, 0.15) is 18.1 Å². The minimum Gasteiger partial charge on any atom is -0.480 e. The molecular formula is C26H35N7O5. The van der Waals surface area contributed by atoms with Crippen molar-refractivity contribution in [2.24, 2.45) is 11.7 Å². The summed E-state index contributed by atoms with van der Waals surface area (Å²) >= 11 is 0. The van der Waals surface area contributed by atoms with E-state index in [1.807, 2.05) is 31.2 Å². The fourth-order valence-corrected chi connectivity index (χ4v) is 4.07. The molecule has 204 valence electrons. The number of nitrogens with two attached hydrogens (primary N) is 1. The number of nitrogens with zero attached hydrogens (tertiary/aromatic N) is 1. The van der Waals surface area contributed by atoms with Crippen molar-refractivity contribution in [2.45, 2.75) is 64.2 Å². The largest absolute Gasteiger partial charge is 0.480 e. The zero-order chi connectivity index (χ0) is 27.8. The predicted molar refractivity (Wildman–Crippen MR) is 141 cm³/mol. The van der Waals surface area contributed by atoms with Crippen molar-refractivity contribution in [2.75, 3.05) is 0 Å². The lowest BCUT2D eigenvalue weighted by atomic mass is 9.97. The minimum absolute atomic E-state index is 0.0332. The molecule has 0 radical (unpaired) electrons. The van der Waals surface area contributed by atoms with Gasteiger partial charge in [-0.3, -0.25) is 14.4 Å². The first kappa shape index (κ1) is 28.4. The van der Waals surface area contributed by atoms with Gasteiger partial charge in [0.15, 0.2) is 0 Å². The van der Waals surface area contributed by atoms with Gasteiger partial charge in [0, 0.05) is 41.8 Å². The summed E-state index contributed by atoms with van der Waals surface area (Å²) in [6.07, 6.45) is 5.32. The molecule has 0 aliphatic heterocycles. The summed E-state index contributed by atoms with van der Waals surface area (Å²) in [5.41, 5.74) is 7.81. The second-order valence-electron chi connectivity index (χ2n) is 9.47. The number of hydrogen-bond acceptors (Lipinski definition) is 6. The molecule has 3 aromatic rings. The van der Waals surface area contributed by atoms with Crippen molar-refractivity contribution in [1.82, 2.24) is 30.9 Å². The van der Waals surface area contributed by atoms with Gasteiger partial charge in [-0.15, -0.1) is 0 Å². The van der Waals surface area contributed by atoms with Crippen LogP contribution < -0.4 is 21.7 Å². The van der Waals surface area contributed by atoms with Crippen molar-refractivity contribution in [3.63, 3.8) is 0 Å². The molecule has 0 spiro atoms. The Morgan fingerprint density at radius 3 is 2.32 bits per heavy atom. The van der Waals surface area contributed by atoms with E-state index in [0.29, 0.717) is 12.1 Å². The topological polar surface area (TPSA) is 195 Å². The van der Waals surface area contributed by atoms with Crippen LogP contribution in [0.3, 0.4) is 0 Å². The Labute approximate surface area is 220 Å². The zero-order valence-electron chi connectivity index (χ0n) is 21.7. The average Bonchev–Trinajstić information content (AvgIpc) is 3.55. The molecule has 2 heterocycles. The number of aromatic amines is 2. The molecule has 1 aromatic carbocycles. The summed E-state index contributed by atoms with van der Waals surface area (Å²) in [5.74, 6) is -3.21. The van der Waals surface area contributed by atoms with Gasteiger partial charge in [-0.1, -0.05) is 38.5 Å². The zero-order valence-corrected chi connectivity index (χ0v) is 21.7. The maximum Gasteiger partial charge on any atom is 0.326 e. The predicted octanol–water partition coefficient (Wildman–Crippen LogP) is 0.609. The number of benzene rings is 1. The highest BCUT2D eigenvalue weighted by Crippen LogP contribution is 2.19. The molecule has 0 fully saturated rings. The first-order valence-corrected chi connectivity index (χ1v) is 12.5. The molecule has 8 N–H and O–H groups in total. The smallest absolute Gasteiger partial charge is 0.326 e. The van der Waals surface area contributed by atoms with Gasteiger partial charge in [0.2, 0.25) is 17.7 Å². The monoisotopic (exact) mass is 525 g/mol. The fourth-order valence-electron chi connectivity index (χ4n) is 4.07. The number of nitrogens with one attached hydrogen (secondary N) is 5. The lowest BCUT2D eigenvalue weighted by Crippen LogP contribution is -2.59. The molecule has 12 nitrogen and oxygen atoms in total. The number of amides is 3. The fraction of sp³-hybridized carbons (Fsp3) is 0.423. The van der Waals surface area contributed by atoms with Crippen LogP contribution in [0.4, 0.5) is 0 Å². The number of aliphatic carboxylic acids is 1. The van der Waals surface area contributed by atoms with Crippen molar-refractivity contribution in [3.05, 3.63) is 54.2 Å². The molecule has 5 unspecified atom stereocenters. The first-order chi connectivity index (χ1) is 18.1. The molecule has 3 amide bonds. The third-order valence-electron chi connectivity index (χ3n) is 6.53. The van der Waals surface area contributed by atoms with Crippen LogP contribution in [0, 0.1) is 5.92 Å². The number of imidazole rings is 1. The molecule has 0 aliphatic carbocycles. The van der Waals surface area contributed by atoms with Gasteiger partial charge >= 0.3 is 5.97 Å². The molecule has 38 heavy (non-hydrogen) atoms. The lowest BCUT2D eigenvalue weighted by molar-refractivity contribution is -0.142. The Kier molecular flexibility index (Phi) is 9.61. The summed E-state index contributed by atoms with van der Waals surface area (Å²) in [4.78, 5) is 60.9. The van der Waals surface area contributed by atoms with Gasteiger partial charge in [-0.05, 0) is 24.5 Å². The molecule has 0 aliphatic rings. The van der Waals surface area contributed by atoms with E-state index < -0.39 is 47.9 Å². The second-order valence-corrected chi connectivity index (χ2v) is 9.47. The number of H-pyrrole nitrogens is 2. The van der Waals surface area contributed by atoms with Crippen LogP contribution >= 0.6 is 0 Å². The number of carbonyl (C=O) groups excluding carboxylic acids is 3. The van der Waals surface area contributed by atoms with Crippen molar-refractivity contribution < 1.29 is 24.3 Å². The SMILES string of the molecule is CCC(C)C(NC(=O)C(C)N)C(=O)NC(Cc1cnc[nH]1)C(=O)NC(Cc1c[nH]c2ccccc12)C(=O)O. The quantitative estimate of drug-likeness (QED) is 0.170. The van der Waals surface area contributed by atoms with E-state index in [-0.39, 0.29) is 18.8 Å². The highest BCUT2D eigenvalue weighted by molar-refractivity contribution is 5.94. The first-order valence-electron chi connectivity index (χ1n) is 12.5. The minimum atomic E-state index is -1.24. The van der Waals surface area contributed by atoms with E-state index in [4.69, 9.17) is 5.73 Å². The molecule has 0 saturated carbocycles. The van der Waals surface area contributed by atoms with Gasteiger partial charge in [-0.2, -0.15) is 0 Å². The van der Waals surface area contributed by atoms with Gasteiger partial charge < -0.3 is 36.8 Å². The molecule has 12 heteroatoms. The number of hydrogen-bond donors (Lipinski definition) is 7. The van der Waals surface area contributed by atoms with E-state index in [1.165, 1.54) is 19.4 Å². The third-order valence-corrected chi connectivity index (χ3v) is 6.53. The van der Waals surface area contributed by atoms with Crippen molar-refractivity contribution in [1.29, 1.82) is 0 Å². The molecular weight excluding hydrogens is 490 g/mol. The van der Waals surface area contributed by atoms with Crippen LogP contribution in [0.1, 0.15) is 38.4 Å². The van der Waals surface area contributed by atoms with Gasteiger partial charge in [-0.25, -0.2) is 9.78 Å². The number of carboxylic acid groups (broad SMARTS) is 1. The summed E-state index contributed by atoms with van der Waals surface area (Å²) < 4.78 is 0. The van der Waals surface area contributed by atoms with Crippen LogP contribution in [0.2, 0.25) is 0 Å². The standard InChI is InChI=1S/C26H35N7O5/c1-4-14(2)22(33-23(34)15(3)27)25(36)31-20(10-17-12-28-13-30-17)24(35)32-21(26(37)38)9-16-11-29-19-8-6-5-7-18(16)19/h5-8,11-15,20-22,29H,4,9-10,27H2,1-3H3,(H,28,30)(H,31,36)(H,32,35)(H,33,34)(H,37,38). The Morgan fingerprint density at radius 1 is 0.974 bits per heavy atom. The number of rotatable bonds is 13. The second kappa shape index (κ2) is 12.9. The lowest BCUT2D eigenvalue weighted by Gasteiger charge is -2.27. The Hall–Kier alpha value is -4.19. The molecule has 0 bridgehead atoms. The Morgan fingerprint density at radius 2 is 1.68 bits per heavy atom. The van der Waals surface area contributed by atoms with Crippen LogP contribution in [-0.2, 0) is 32.0 Å². The Balaban J connectivity index is 1.80. The van der Waals surface area contributed by atoms with E-state index >= 15 is 0 Å². The highest BCUT2D eigenvalue weighted by Gasteiger charge is 2.32. The van der Waals surface area contributed by atoms with Gasteiger partial charge in [0.05, 0.1) is 12.4 Å². The van der Waals surface area contributed by atoms with Crippen LogP contribution in [0.5, 0.6) is 0 Å².